The van der Waals surface area contributed by atoms with Crippen molar-refractivity contribution in [3.8, 4) is 5.75 Å². The second kappa shape index (κ2) is 9.33. The van der Waals surface area contributed by atoms with Gasteiger partial charge in [-0.1, -0.05) is 5.57 Å². The van der Waals surface area contributed by atoms with Crippen molar-refractivity contribution in [3.05, 3.63) is 76.6 Å². The molecule has 162 valence electrons. The van der Waals surface area contributed by atoms with Crippen molar-refractivity contribution in [2.75, 3.05) is 19.0 Å². The van der Waals surface area contributed by atoms with Gasteiger partial charge in [-0.05, 0) is 80.0 Å². The van der Waals surface area contributed by atoms with Gasteiger partial charge in [0, 0.05) is 19.2 Å². The number of pyridine rings is 1. The van der Waals surface area contributed by atoms with Gasteiger partial charge in [0.15, 0.2) is 0 Å². The topological polar surface area (TPSA) is 60.5 Å². The Morgan fingerprint density at radius 3 is 2.94 bits per heavy atom. The van der Waals surface area contributed by atoms with Crippen LogP contribution in [0.25, 0.3) is 0 Å². The van der Waals surface area contributed by atoms with E-state index in [0.29, 0.717) is 22.9 Å². The molecule has 0 bridgehead atoms. The minimum Gasteiger partial charge on any atom is -0.465 e. The molecule has 0 fully saturated rings. The van der Waals surface area contributed by atoms with Crippen LogP contribution in [0, 0.1) is 18.7 Å². The van der Waals surface area contributed by atoms with Crippen molar-refractivity contribution in [1.82, 2.24) is 4.98 Å². The predicted molar refractivity (Wildman–Crippen MR) is 118 cm³/mol. The fraction of sp³-hybridized carbons (Fsp3) is 0.360. The Labute approximate surface area is 182 Å². The normalized spacial score (nSPS) is 18.2. The maximum absolute atomic E-state index is 13.4. The van der Waals surface area contributed by atoms with Crippen LogP contribution >= 0.6 is 0 Å². The highest BCUT2D eigenvalue weighted by Gasteiger charge is 2.26. The number of benzene rings is 1. The van der Waals surface area contributed by atoms with Crippen LogP contribution in [0.3, 0.4) is 0 Å². The smallest absolute Gasteiger partial charge is 0.340 e. The van der Waals surface area contributed by atoms with E-state index in [0.717, 1.165) is 50.0 Å². The molecule has 1 aromatic carbocycles. The van der Waals surface area contributed by atoms with Gasteiger partial charge >= 0.3 is 5.97 Å². The van der Waals surface area contributed by atoms with E-state index in [1.165, 1.54) is 30.4 Å². The van der Waals surface area contributed by atoms with E-state index in [9.17, 15) is 9.18 Å². The summed E-state index contributed by atoms with van der Waals surface area (Å²) in [6, 6.07) is 6.28. The number of carbonyl (C=O) groups is 1. The quantitative estimate of drug-likeness (QED) is 0.616. The highest BCUT2D eigenvalue weighted by atomic mass is 19.1. The average molecular weight is 423 g/mol. The molecule has 1 atom stereocenters. The van der Waals surface area contributed by atoms with Gasteiger partial charge in [-0.3, -0.25) is 4.98 Å². The summed E-state index contributed by atoms with van der Waals surface area (Å²) in [6.07, 6.45) is 10.5. The third-order valence-corrected chi connectivity index (χ3v) is 6.02. The van der Waals surface area contributed by atoms with E-state index in [4.69, 9.17) is 9.47 Å². The van der Waals surface area contributed by atoms with E-state index in [1.54, 1.807) is 24.5 Å². The third-order valence-electron chi connectivity index (χ3n) is 6.02. The molecule has 6 heteroatoms. The van der Waals surface area contributed by atoms with Crippen LogP contribution in [-0.4, -0.2) is 24.6 Å². The first kappa shape index (κ1) is 21.1. The lowest BCUT2D eigenvalue weighted by Crippen LogP contribution is -2.23. The maximum atomic E-state index is 13.4. The first-order valence-corrected chi connectivity index (χ1v) is 10.7. The van der Waals surface area contributed by atoms with Gasteiger partial charge in [0.05, 0.1) is 24.6 Å². The zero-order chi connectivity index (χ0) is 21.8. The number of nitrogens with one attached hydrogen (secondary N) is 1. The first-order chi connectivity index (χ1) is 15.0. The van der Waals surface area contributed by atoms with E-state index >= 15 is 0 Å². The molecule has 5 nitrogen and oxygen atoms in total. The molecule has 0 amide bonds. The molecule has 1 aromatic heterocycles. The molecule has 2 aliphatic carbocycles. The Bertz CT molecular complexity index is 1040. The molecule has 0 saturated carbocycles. The monoisotopic (exact) mass is 422 g/mol. The molecule has 0 aliphatic heterocycles. The number of nitrogens with zero attached hydrogens (tertiary/aromatic N) is 1. The minimum atomic E-state index is -0.369. The summed E-state index contributed by atoms with van der Waals surface area (Å²) < 4.78 is 24.3. The zero-order valence-corrected chi connectivity index (χ0v) is 17.9. The van der Waals surface area contributed by atoms with Crippen molar-refractivity contribution < 1.29 is 18.7 Å². The number of halogens is 1. The second-order valence-corrected chi connectivity index (χ2v) is 8.06. The molecular weight excluding hydrogens is 395 g/mol. The van der Waals surface area contributed by atoms with Crippen molar-refractivity contribution in [3.63, 3.8) is 0 Å². The molecule has 1 heterocycles. The predicted octanol–water partition coefficient (Wildman–Crippen LogP) is 5.58. The molecule has 2 aromatic rings. The molecule has 0 radical (unpaired) electrons. The summed E-state index contributed by atoms with van der Waals surface area (Å²) in [6.45, 7) is 2.60. The molecule has 4 rings (SSSR count). The van der Waals surface area contributed by atoms with E-state index in [1.807, 2.05) is 6.92 Å². The first-order valence-electron chi connectivity index (χ1n) is 10.7. The summed E-state index contributed by atoms with van der Waals surface area (Å²) in [5.74, 6) is 1.42. The highest BCUT2D eigenvalue weighted by Crippen LogP contribution is 2.39. The van der Waals surface area contributed by atoms with Gasteiger partial charge in [-0.25, -0.2) is 9.18 Å². The molecule has 0 spiro atoms. The summed E-state index contributed by atoms with van der Waals surface area (Å²) in [5.41, 5.74) is 4.80. The van der Waals surface area contributed by atoms with Crippen LogP contribution in [0.15, 0.2) is 59.6 Å². The Hall–Kier alpha value is -3.15. The van der Waals surface area contributed by atoms with Crippen molar-refractivity contribution >= 4 is 11.7 Å². The van der Waals surface area contributed by atoms with E-state index in [-0.39, 0.29) is 11.8 Å². The van der Waals surface area contributed by atoms with Crippen LogP contribution < -0.4 is 10.1 Å². The standard InChI is InChI=1S/C25H27FN2O3/c1-16-12-19(26)6-9-24(16)31-20-7-8-21-17(13-20)4-3-5-18(21)14-28-23-15-27-11-10-22(23)25(29)30-2/h6,9-13,15,18,28H,3-5,7-8,14H2,1-2H3. The van der Waals surface area contributed by atoms with Crippen LogP contribution in [0.2, 0.25) is 0 Å². The third kappa shape index (κ3) is 4.79. The van der Waals surface area contributed by atoms with Gasteiger partial charge in [0.25, 0.3) is 0 Å². The number of aryl methyl sites for hydroxylation is 1. The molecule has 2 aliphatic rings. The summed E-state index contributed by atoms with van der Waals surface area (Å²) >= 11 is 0. The minimum absolute atomic E-state index is 0.251. The van der Waals surface area contributed by atoms with Crippen LogP contribution in [0.4, 0.5) is 10.1 Å². The number of methoxy groups -OCH3 is 1. The Kier molecular flexibility index (Phi) is 6.35. The Morgan fingerprint density at radius 2 is 2.13 bits per heavy atom. The number of carbonyl (C=O) groups excluding carboxylic acids is 1. The van der Waals surface area contributed by atoms with Gasteiger partial charge in [-0.2, -0.15) is 0 Å². The SMILES string of the molecule is COC(=O)c1ccncc1NCC1CCCC2=C1CCC(Oc1ccc(F)cc1C)=C2. The number of hydrogen-bond acceptors (Lipinski definition) is 5. The molecule has 0 saturated heterocycles. The van der Waals surface area contributed by atoms with Crippen molar-refractivity contribution in [2.45, 2.75) is 39.0 Å². The second-order valence-electron chi connectivity index (χ2n) is 8.06. The van der Waals surface area contributed by atoms with Crippen LogP contribution in [0.1, 0.15) is 48.0 Å². The van der Waals surface area contributed by atoms with Crippen LogP contribution in [0.5, 0.6) is 5.75 Å². The summed E-state index contributed by atoms with van der Waals surface area (Å²) in [7, 11) is 1.38. The Balaban J connectivity index is 1.47. The molecule has 31 heavy (non-hydrogen) atoms. The molecular formula is C25H27FN2O3. The Morgan fingerprint density at radius 1 is 1.26 bits per heavy atom. The number of rotatable bonds is 6. The zero-order valence-electron chi connectivity index (χ0n) is 17.9. The van der Waals surface area contributed by atoms with Crippen molar-refractivity contribution in [2.24, 2.45) is 5.92 Å². The molecule has 1 N–H and O–H groups in total. The van der Waals surface area contributed by atoms with Gasteiger partial charge in [-0.15, -0.1) is 0 Å². The number of esters is 1. The summed E-state index contributed by atoms with van der Waals surface area (Å²) in [5, 5.41) is 3.41. The number of anilines is 1. The van der Waals surface area contributed by atoms with Gasteiger partial charge in [0.1, 0.15) is 17.3 Å². The average Bonchev–Trinajstić information content (AvgIpc) is 2.79. The van der Waals surface area contributed by atoms with Crippen molar-refractivity contribution in [1.29, 1.82) is 0 Å². The number of allylic oxidation sites excluding steroid dienone is 3. The highest BCUT2D eigenvalue weighted by molar-refractivity contribution is 5.95. The van der Waals surface area contributed by atoms with Gasteiger partial charge in [0.2, 0.25) is 0 Å². The lowest BCUT2D eigenvalue weighted by Gasteiger charge is -2.31. The van der Waals surface area contributed by atoms with E-state index < -0.39 is 0 Å². The lowest BCUT2D eigenvalue weighted by atomic mass is 9.78. The largest absolute Gasteiger partial charge is 0.465 e. The number of aromatic nitrogens is 1. The lowest BCUT2D eigenvalue weighted by molar-refractivity contribution is 0.0601. The fourth-order valence-electron chi connectivity index (χ4n) is 4.42. The maximum Gasteiger partial charge on any atom is 0.340 e. The van der Waals surface area contributed by atoms with Gasteiger partial charge < -0.3 is 14.8 Å². The number of ether oxygens (including phenoxy) is 2. The molecule has 1 unspecified atom stereocenters. The fourth-order valence-corrected chi connectivity index (χ4v) is 4.42. The summed E-state index contributed by atoms with van der Waals surface area (Å²) in [4.78, 5) is 16.1. The van der Waals surface area contributed by atoms with E-state index in [2.05, 4.69) is 16.4 Å². The number of hydrogen-bond donors (Lipinski definition) is 1. The van der Waals surface area contributed by atoms with Crippen LogP contribution in [-0.2, 0) is 4.74 Å².